The Balaban J connectivity index is 2.10. The summed E-state index contributed by atoms with van der Waals surface area (Å²) in [5.41, 5.74) is 0.739. The van der Waals surface area contributed by atoms with Crippen LogP contribution in [0.25, 0.3) is 0 Å². The molecule has 1 aromatic rings. The van der Waals surface area contributed by atoms with Crippen LogP contribution >= 0.6 is 0 Å². The van der Waals surface area contributed by atoms with Crippen LogP contribution in [0.2, 0.25) is 0 Å². The molecule has 0 bridgehead atoms. The monoisotopic (exact) mass is 282 g/mol. The van der Waals surface area contributed by atoms with E-state index in [4.69, 9.17) is 0 Å². The van der Waals surface area contributed by atoms with Crippen LogP contribution in [0.5, 0.6) is 0 Å². The Morgan fingerprint density at radius 2 is 1.95 bits per heavy atom. The summed E-state index contributed by atoms with van der Waals surface area (Å²) in [5, 5.41) is 2.88. The van der Waals surface area contributed by atoms with Crippen molar-refractivity contribution in [2.75, 3.05) is 17.4 Å². The molecule has 19 heavy (non-hydrogen) atoms. The van der Waals surface area contributed by atoms with E-state index in [9.17, 15) is 8.42 Å². The minimum Gasteiger partial charge on any atom is -0.313 e. The molecule has 1 saturated carbocycles. The van der Waals surface area contributed by atoms with Crippen molar-refractivity contribution < 1.29 is 8.42 Å². The van der Waals surface area contributed by atoms with E-state index >= 15 is 0 Å². The van der Waals surface area contributed by atoms with Gasteiger partial charge in [0.15, 0.2) is 0 Å². The first-order valence-electron chi connectivity index (χ1n) is 6.85. The highest BCUT2D eigenvalue weighted by atomic mass is 32.2. The van der Waals surface area contributed by atoms with Crippen molar-refractivity contribution in [2.45, 2.75) is 38.0 Å². The standard InChI is InChI=1S/C14H22N2O2S/c1-3-16(14-7-5-4-6-8-14)19(17,18)12(2)11-15-13-9-10-13/h4-8,12-13,15H,3,9-11H2,1-2H3. The molecule has 0 spiro atoms. The first-order chi connectivity index (χ1) is 9.05. The summed E-state index contributed by atoms with van der Waals surface area (Å²) in [6.07, 6.45) is 2.34. The molecule has 1 aromatic carbocycles. The van der Waals surface area contributed by atoms with Crippen molar-refractivity contribution in [3.63, 3.8) is 0 Å². The van der Waals surface area contributed by atoms with Crippen molar-refractivity contribution in [2.24, 2.45) is 0 Å². The van der Waals surface area contributed by atoms with E-state index in [0.717, 1.165) is 5.69 Å². The van der Waals surface area contributed by atoms with Gasteiger partial charge in [0.25, 0.3) is 0 Å². The van der Waals surface area contributed by atoms with E-state index in [1.165, 1.54) is 17.1 Å². The lowest BCUT2D eigenvalue weighted by Gasteiger charge is -2.26. The molecular weight excluding hydrogens is 260 g/mol. The summed E-state index contributed by atoms with van der Waals surface area (Å²) in [7, 11) is -3.30. The lowest BCUT2D eigenvalue weighted by atomic mass is 10.3. The maximum absolute atomic E-state index is 12.6. The van der Waals surface area contributed by atoms with E-state index in [1.54, 1.807) is 6.92 Å². The SMILES string of the molecule is CCN(c1ccccc1)S(=O)(=O)C(C)CNC1CC1. The van der Waals surface area contributed by atoms with Crippen LogP contribution in [-0.2, 0) is 10.0 Å². The zero-order valence-corrected chi connectivity index (χ0v) is 12.4. The molecule has 0 amide bonds. The first kappa shape index (κ1) is 14.3. The number of hydrogen-bond donors (Lipinski definition) is 1. The van der Waals surface area contributed by atoms with E-state index in [0.29, 0.717) is 19.1 Å². The molecule has 0 aliphatic heterocycles. The van der Waals surface area contributed by atoms with E-state index in [1.807, 2.05) is 37.3 Å². The van der Waals surface area contributed by atoms with Gasteiger partial charge in [0.1, 0.15) is 0 Å². The fourth-order valence-corrected chi connectivity index (χ4v) is 3.56. The molecule has 1 N–H and O–H groups in total. The lowest BCUT2D eigenvalue weighted by Crippen LogP contribution is -2.42. The summed E-state index contributed by atoms with van der Waals surface area (Å²) < 4.78 is 26.7. The molecule has 1 aliphatic rings. The fourth-order valence-electron chi connectivity index (χ4n) is 2.05. The predicted octanol–water partition coefficient (Wildman–Crippen LogP) is 1.98. The molecule has 0 heterocycles. The van der Waals surface area contributed by atoms with Gasteiger partial charge in [-0.25, -0.2) is 8.42 Å². The number of benzene rings is 1. The largest absolute Gasteiger partial charge is 0.313 e. The molecule has 106 valence electrons. The van der Waals surface area contributed by atoms with Gasteiger partial charge in [-0.1, -0.05) is 18.2 Å². The van der Waals surface area contributed by atoms with Gasteiger partial charge in [-0.05, 0) is 38.8 Å². The van der Waals surface area contributed by atoms with Crippen molar-refractivity contribution >= 4 is 15.7 Å². The number of hydrogen-bond acceptors (Lipinski definition) is 3. The van der Waals surface area contributed by atoms with Crippen molar-refractivity contribution in [1.29, 1.82) is 0 Å². The maximum atomic E-state index is 12.6. The Kier molecular flexibility index (Phi) is 4.47. The van der Waals surface area contributed by atoms with Crippen LogP contribution in [-0.4, -0.2) is 32.8 Å². The summed E-state index contributed by atoms with van der Waals surface area (Å²) in [6.45, 7) is 4.62. The highest BCUT2D eigenvalue weighted by Gasteiger charge is 2.30. The van der Waals surface area contributed by atoms with Crippen molar-refractivity contribution in [3.8, 4) is 0 Å². The predicted molar refractivity (Wildman–Crippen MR) is 78.9 cm³/mol. The van der Waals surface area contributed by atoms with Crippen LogP contribution in [0, 0.1) is 0 Å². The maximum Gasteiger partial charge on any atom is 0.239 e. The second-order valence-corrected chi connectivity index (χ2v) is 7.31. The molecule has 1 fully saturated rings. The third-order valence-electron chi connectivity index (χ3n) is 3.42. The highest BCUT2D eigenvalue weighted by molar-refractivity contribution is 7.93. The second-order valence-electron chi connectivity index (χ2n) is 5.04. The number of rotatable bonds is 7. The van der Waals surface area contributed by atoms with Crippen molar-refractivity contribution in [1.82, 2.24) is 5.32 Å². The molecule has 4 nitrogen and oxygen atoms in total. The minimum atomic E-state index is -3.30. The Morgan fingerprint density at radius 1 is 1.32 bits per heavy atom. The normalized spacial score (nSPS) is 17.2. The van der Waals surface area contributed by atoms with Gasteiger partial charge in [0, 0.05) is 19.1 Å². The fraction of sp³-hybridized carbons (Fsp3) is 0.571. The number of para-hydroxylation sites is 1. The molecular formula is C14H22N2O2S. The number of anilines is 1. The van der Waals surface area contributed by atoms with Crippen LogP contribution in [0.1, 0.15) is 26.7 Å². The average Bonchev–Trinajstić information content (AvgIpc) is 3.21. The van der Waals surface area contributed by atoms with E-state index < -0.39 is 15.3 Å². The second kappa shape index (κ2) is 5.92. The third kappa shape index (κ3) is 3.48. The van der Waals surface area contributed by atoms with E-state index in [2.05, 4.69) is 5.32 Å². The van der Waals surface area contributed by atoms with Gasteiger partial charge in [0.05, 0.1) is 10.9 Å². The van der Waals surface area contributed by atoms with Crippen LogP contribution in [0.15, 0.2) is 30.3 Å². The molecule has 2 rings (SSSR count). The molecule has 5 heteroatoms. The van der Waals surface area contributed by atoms with Gasteiger partial charge in [-0.2, -0.15) is 0 Å². The first-order valence-corrected chi connectivity index (χ1v) is 8.36. The summed E-state index contributed by atoms with van der Waals surface area (Å²) in [5.74, 6) is 0. The minimum absolute atomic E-state index is 0.409. The topological polar surface area (TPSA) is 49.4 Å². The number of nitrogens with one attached hydrogen (secondary N) is 1. The Hall–Kier alpha value is -1.07. The molecule has 0 aromatic heterocycles. The van der Waals surface area contributed by atoms with Gasteiger partial charge in [-0.15, -0.1) is 0 Å². The number of sulfonamides is 1. The molecule has 0 radical (unpaired) electrons. The van der Waals surface area contributed by atoms with Crippen LogP contribution < -0.4 is 9.62 Å². The molecule has 1 aliphatic carbocycles. The third-order valence-corrected chi connectivity index (χ3v) is 5.69. The molecule has 0 saturated heterocycles. The van der Waals surface area contributed by atoms with Crippen LogP contribution in [0.3, 0.4) is 0 Å². The van der Waals surface area contributed by atoms with Gasteiger partial charge >= 0.3 is 0 Å². The molecule has 1 atom stereocenters. The summed E-state index contributed by atoms with van der Waals surface area (Å²) in [4.78, 5) is 0. The zero-order valence-electron chi connectivity index (χ0n) is 11.5. The van der Waals surface area contributed by atoms with Gasteiger partial charge in [0.2, 0.25) is 10.0 Å². The quantitative estimate of drug-likeness (QED) is 0.832. The summed E-state index contributed by atoms with van der Waals surface area (Å²) >= 11 is 0. The summed E-state index contributed by atoms with van der Waals surface area (Å²) in [6, 6.07) is 9.82. The Labute approximate surface area is 115 Å². The van der Waals surface area contributed by atoms with Gasteiger partial charge < -0.3 is 5.32 Å². The number of nitrogens with zero attached hydrogens (tertiary/aromatic N) is 1. The lowest BCUT2D eigenvalue weighted by molar-refractivity contribution is 0.567. The Bertz CT molecular complexity index is 497. The van der Waals surface area contributed by atoms with Crippen molar-refractivity contribution in [3.05, 3.63) is 30.3 Å². The average molecular weight is 282 g/mol. The Morgan fingerprint density at radius 3 is 2.47 bits per heavy atom. The molecule has 1 unspecified atom stereocenters. The van der Waals surface area contributed by atoms with Crippen LogP contribution in [0.4, 0.5) is 5.69 Å². The highest BCUT2D eigenvalue weighted by Crippen LogP contribution is 2.22. The van der Waals surface area contributed by atoms with Gasteiger partial charge in [-0.3, -0.25) is 4.31 Å². The zero-order chi connectivity index (χ0) is 13.9. The smallest absolute Gasteiger partial charge is 0.239 e. The van der Waals surface area contributed by atoms with E-state index in [-0.39, 0.29) is 0 Å².